The van der Waals surface area contributed by atoms with Gasteiger partial charge in [0.15, 0.2) is 0 Å². The average Bonchev–Trinajstić information content (AvgIpc) is 2.58. The first kappa shape index (κ1) is 21.6. The number of amides is 1. The molecule has 0 saturated heterocycles. The fourth-order valence-electron chi connectivity index (χ4n) is 2.51. The van der Waals surface area contributed by atoms with Crippen LogP contribution in [0, 0.1) is 0 Å². The van der Waals surface area contributed by atoms with E-state index in [-0.39, 0.29) is 36.3 Å². The Balaban J connectivity index is 0.00000312. The molecule has 3 N–H and O–H groups in total. The SMILES string of the molecule is CCCCC(CN)NC(=O)CCn1cnc2ccc(Br)cc2c1=O.Cl. The Labute approximate surface area is 161 Å². The van der Waals surface area contributed by atoms with Crippen LogP contribution in [0.2, 0.25) is 0 Å². The van der Waals surface area contributed by atoms with Gasteiger partial charge in [-0.15, -0.1) is 12.4 Å². The maximum absolute atomic E-state index is 12.5. The predicted molar refractivity (Wildman–Crippen MR) is 106 cm³/mol. The molecule has 0 radical (unpaired) electrons. The van der Waals surface area contributed by atoms with Crippen molar-refractivity contribution < 1.29 is 4.79 Å². The molecule has 0 aliphatic rings. The van der Waals surface area contributed by atoms with E-state index in [4.69, 9.17) is 5.73 Å². The molecule has 0 spiro atoms. The van der Waals surface area contributed by atoms with Crippen LogP contribution < -0.4 is 16.6 Å². The van der Waals surface area contributed by atoms with Crippen LogP contribution in [-0.4, -0.2) is 28.0 Å². The molecular formula is C17H24BrClN4O2. The van der Waals surface area contributed by atoms with Gasteiger partial charge >= 0.3 is 0 Å². The number of halogens is 2. The van der Waals surface area contributed by atoms with Crippen molar-refractivity contribution in [2.45, 2.75) is 45.2 Å². The first-order valence-electron chi connectivity index (χ1n) is 8.19. The van der Waals surface area contributed by atoms with Gasteiger partial charge < -0.3 is 11.1 Å². The number of nitrogens with zero attached hydrogens (tertiary/aromatic N) is 2. The lowest BCUT2D eigenvalue weighted by Crippen LogP contribution is -2.40. The van der Waals surface area contributed by atoms with Crippen LogP contribution in [0.15, 0.2) is 33.8 Å². The molecule has 6 nitrogen and oxygen atoms in total. The number of carbonyl (C=O) groups is 1. The summed E-state index contributed by atoms with van der Waals surface area (Å²) in [6.07, 6.45) is 4.70. The zero-order valence-electron chi connectivity index (χ0n) is 14.2. The van der Waals surface area contributed by atoms with Crippen LogP contribution in [0.25, 0.3) is 10.9 Å². The summed E-state index contributed by atoms with van der Waals surface area (Å²) in [4.78, 5) is 28.8. The third kappa shape index (κ3) is 6.09. The van der Waals surface area contributed by atoms with E-state index >= 15 is 0 Å². The molecule has 0 aliphatic heterocycles. The molecule has 1 aromatic carbocycles. The van der Waals surface area contributed by atoms with Gasteiger partial charge in [0.1, 0.15) is 0 Å². The Morgan fingerprint density at radius 2 is 2.20 bits per heavy atom. The molecule has 1 amide bonds. The Kier molecular flexibility index (Phi) is 9.10. The number of aromatic nitrogens is 2. The minimum atomic E-state index is -0.143. The predicted octanol–water partition coefficient (Wildman–Crippen LogP) is 2.60. The topological polar surface area (TPSA) is 90.0 Å². The highest BCUT2D eigenvalue weighted by Crippen LogP contribution is 2.14. The third-order valence-electron chi connectivity index (χ3n) is 3.92. The number of hydrogen-bond donors (Lipinski definition) is 2. The van der Waals surface area contributed by atoms with E-state index in [1.54, 1.807) is 12.1 Å². The molecular weight excluding hydrogens is 408 g/mol. The molecule has 2 rings (SSSR count). The second kappa shape index (κ2) is 10.5. The third-order valence-corrected chi connectivity index (χ3v) is 4.41. The molecule has 2 aromatic rings. The largest absolute Gasteiger partial charge is 0.352 e. The van der Waals surface area contributed by atoms with Crippen molar-refractivity contribution in [3.05, 3.63) is 39.4 Å². The monoisotopic (exact) mass is 430 g/mol. The van der Waals surface area contributed by atoms with Gasteiger partial charge in [-0.3, -0.25) is 14.2 Å². The van der Waals surface area contributed by atoms with Gasteiger partial charge in [-0.05, 0) is 24.6 Å². The highest BCUT2D eigenvalue weighted by Gasteiger charge is 2.11. The lowest BCUT2D eigenvalue weighted by atomic mass is 10.1. The number of carbonyl (C=O) groups excluding carboxylic acids is 1. The van der Waals surface area contributed by atoms with E-state index in [2.05, 4.69) is 33.2 Å². The molecule has 1 heterocycles. The van der Waals surface area contributed by atoms with Gasteiger partial charge in [-0.2, -0.15) is 0 Å². The van der Waals surface area contributed by atoms with E-state index in [9.17, 15) is 9.59 Å². The number of aryl methyl sites for hydroxylation is 1. The van der Waals surface area contributed by atoms with E-state index in [0.717, 1.165) is 23.7 Å². The zero-order chi connectivity index (χ0) is 17.5. The fraction of sp³-hybridized carbons (Fsp3) is 0.471. The quantitative estimate of drug-likeness (QED) is 0.672. The number of hydrogen-bond acceptors (Lipinski definition) is 4. The van der Waals surface area contributed by atoms with E-state index < -0.39 is 0 Å². The first-order chi connectivity index (χ1) is 11.5. The average molecular weight is 432 g/mol. The smallest absolute Gasteiger partial charge is 0.261 e. The van der Waals surface area contributed by atoms with Crippen molar-refractivity contribution in [1.29, 1.82) is 0 Å². The second-order valence-corrected chi connectivity index (χ2v) is 6.71. The number of fused-ring (bicyclic) bond motifs is 1. The summed E-state index contributed by atoms with van der Waals surface area (Å²) in [6, 6.07) is 5.38. The maximum atomic E-state index is 12.5. The van der Waals surface area contributed by atoms with Crippen LogP contribution in [0.1, 0.15) is 32.6 Å². The summed E-state index contributed by atoms with van der Waals surface area (Å²) >= 11 is 3.36. The van der Waals surface area contributed by atoms with Crippen molar-refractivity contribution in [2.24, 2.45) is 5.73 Å². The van der Waals surface area contributed by atoms with Gasteiger partial charge in [0, 0.05) is 30.0 Å². The van der Waals surface area contributed by atoms with Crippen LogP contribution >= 0.6 is 28.3 Å². The molecule has 138 valence electrons. The molecule has 0 fully saturated rings. The summed E-state index contributed by atoms with van der Waals surface area (Å²) in [5.74, 6) is -0.0946. The van der Waals surface area contributed by atoms with Crippen molar-refractivity contribution in [3.63, 3.8) is 0 Å². The maximum Gasteiger partial charge on any atom is 0.261 e. The second-order valence-electron chi connectivity index (χ2n) is 5.80. The van der Waals surface area contributed by atoms with Gasteiger partial charge in [0.05, 0.1) is 17.2 Å². The highest BCUT2D eigenvalue weighted by molar-refractivity contribution is 9.10. The minimum absolute atomic E-state index is 0. The van der Waals surface area contributed by atoms with Crippen molar-refractivity contribution in [1.82, 2.24) is 14.9 Å². The molecule has 1 unspecified atom stereocenters. The molecule has 8 heteroatoms. The zero-order valence-corrected chi connectivity index (χ0v) is 16.6. The van der Waals surface area contributed by atoms with Crippen LogP contribution in [-0.2, 0) is 11.3 Å². The Morgan fingerprint density at radius 1 is 1.44 bits per heavy atom. The van der Waals surface area contributed by atoms with Crippen LogP contribution in [0.5, 0.6) is 0 Å². The van der Waals surface area contributed by atoms with Gasteiger partial charge in [-0.1, -0.05) is 35.7 Å². The van der Waals surface area contributed by atoms with Crippen molar-refractivity contribution in [3.8, 4) is 0 Å². The summed E-state index contributed by atoms with van der Waals surface area (Å²) < 4.78 is 2.30. The summed E-state index contributed by atoms with van der Waals surface area (Å²) in [7, 11) is 0. The molecule has 1 aromatic heterocycles. The van der Waals surface area contributed by atoms with Crippen molar-refractivity contribution >= 4 is 45.1 Å². The molecule has 1 atom stereocenters. The molecule has 0 aliphatic carbocycles. The lowest BCUT2D eigenvalue weighted by molar-refractivity contribution is -0.122. The fourth-order valence-corrected chi connectivity index (χ4v) is 2.87. The van der Waals surface area contributed by atoms with E-state index in [0.29, 0.717) is 24.0 Å². The number of benzene rings is 1. The first-order valence-corrected chi connectivity index (χ1v) is 8.98. The molecule has 0 bridgehead atoms. The Bertz CT molecular complexity index is 766. The summed E-state index contributed by atoms with van der Waals surface area (Å²) in [5.41, 5.74) is 6.19. The number of nitrogens with one attached hydrogen (secondary N) is 1. The normalized spacial score (nSPS) is 11.8. The lowest BCUT2D eigenvalue weighted by Gasteiger charge is -2.16. The van der Waals surface area contributed by atoms with E-state index in [1.165, 1.54) is 10.9 Å². The number of rotatable bonds is 8. The van der Waals surface area contributed by atoms with Crippen LogP contribution in [0.4, 0.5) is 0 Å². The summed E-state index contributed by atoms with van der Waals surface area (Å²) in [6.45, 7) is 2.83. The van der Waals surface area contributed by atoms with E-state index in [1.807, 2.05) is 6.07 Å². The summed E-state index contributed by atoms with van der Waals surface area (Å²) in [5, 5.41) is 3.47. The minimum Gasteiger partial charge on any atom is -0.352 e. The Hall–Kier alpha value is -1.44. The van der Waals surface area contributed by atoms with Crippen LogP contribution in [0.3, 0.4) is 0 Å². The molecule has 0 saturated carbocycles. The van der Waals surface area contributed by atoms with Crippen molar-refractivity contribution in [2.75, 3.05) is 6.54 Å². The number of nitrogens with two attached hydrogens (primary N) is 1. The standard InChI is InChI=1S/C17H23BrN4O2.ClH/c1-2-3-4-13(10-19)21-16(23)7-8-22-11-20-15-6-5-12(18)9-14(15)17(22)24;/h5-6,9,11,13H,2-4,7-8,10,19H2,1H3,(H,21,23);1H. The highest BCUT2D eigenvalue weighted by atomic mass is 79.9. The van der Waals surface area contributed by atoms with Gasteiger partial charge in [0.2, 0.25) is 5.91 Å². The van der Waals surface area contributed by atoms with Gasteiger partial charge in [0.25, 0.3) is 5.56 Å². The molecule has 25 heavy (non-hydrogen) atoms. The Morgan fingerprint density at radius 3 is 2.88 bits per heavy atom. The number of unbranched alkanes of at least 4 members (excludes halogenated alkanes) is 1. The van der Waals surface area contributed by atoms with Gasteiger partial charge in [-0.25, -0.2) is 4.98 Å².